The van der Waals surface area contributed by atoms with Crippen molar-refractivity contribution in [3.63, 3.8) is 0 Å². The first kappa shape index (κ1) is 48.4. The van der Waals surface area contributed by atoms with E-state index in [0.717, 1.165) is 45.8 Å². The van der Waals surface area contributed by atoms with Crippen LogP contribution in [0.15, 0.2) is 65.1 Å². The summed E-state index contributed by atoms with van der Waals surface area (Å²) in [5.41, 5.74) is 1.92. The zero-order valence-corrected chi connectivity index (χ0v) is 48.5. The number of thiophene rings is 6. The van der Waals surface area contributed by atoms with E-state index in [0.29, 0.717) is 30.3 Å². The van der Waals surface area contributed by atoms with Crippen LogP contribution in [0.2, 0.25) is 36.3 Å². The number of fused-ring (bicyclic) bond motifs is 16. The molecule has 13 heterocycles. The Morgan fingerprint density at radius 3 is 1.51 bits per heavy atom. The van der Waals surface area contributed by atoms with Gasteiger partial charge >= 0.3 is 0 Å². The monoisotopic (exact) mass is 1120 g/mol. The molecule has 0 radical (unpaired) electrons. The summed E-state index contributed by atoms with van der Waals surface area (Å²) in [5.74, 6) is 0.385. The van der Waals surface area contributed by atoms with Crippen molar-refractivity contribution in [3.8, 4) is 29.3 Å². The van der Waals surface area contributed by atoms with Crippen LogP contribution >= 0.6 is 68.0 Å². The Bertz CT molecular complexity index is 3650. The molecule has 0 unspecified atom stereocenters. The molecule has 3 fully saturated rings. The van der Waals surface area contributed by atoms with Gasteiger partial charge in [0.15, 0.2) is 18.2 Å². The molecule has 14 rings (SSSR count). The predicted octanol–water partition coefficient (Wildman–Crippen LogP) is 11.2. The topological polar surface area (TPSA) is 91.8 Å². The number of oxazole rings is 1. The minimum atomic E-state index is -1.64. The van der Waals surface area contributed by atoms with E-state index >= 15 is 0 Å². The molecule has 0 amide bonds. The third-order valence-corrected chi connectivity index (χ3v) is 40.2. The van der Waals surface area contributed by atoms with Gasteiger partial charge < -0.3 is 29.2 Å². The number of anilines is 3. The van der Waals surface area contributed by atoms with Gasteiger partial charge in [-0.2, -0.15) is 0 Å². The Kier molecular flexibility index (Phi) is 12.6. The first-order valence-electron chi connectivity index (χ1n) is 24.6. The fourth-order valence-corrected chi connectivity index (χ4v) is 36.8. The highest BCUT2D eigenvalue weighted by Crippen LogP contribution is 2.51. The lowest BCUT2D eigenvalue weighted by Crippen LogP contribution is -2.59. The summed E-state index contributed by atoms with van der Waals surface area (Å²) in [6.07, 6.45) is 7.95. The molecular weight excluding hydrogens is 1070 g/mol. The van der Waals surface area contributed by atoms with E-state index in [1.54, 1.807) is 59.9 Å². The summed E-state index contributed by atoms with van der Waals surface area (Å²) in [5, 5.41) is 16.6. The molecule has 7 aromatic heterocycles. The van der Waals surface area contributed by atoms with Gasteiger partial charge in [-0.1, -0.05) is 31.4 Å². The SMILES string of the molecule is CNc1cc2c(s1)-c1sc(C=O)cc1[Si]21CCC1.[C-]#[N+]CCN(C)c1cc2c(s1)-c1sc(/C=C(\[N+]#[C-])c3nc4ccccc4o3)cc1[Si]21CCC1.[C-]#[N+]CCN(C)c1cc2c(s1)-c1sc(C=O)cc1[Si]21CCC1. The summed E-state index contributed by atoms with van der Waals surface area (Å²) in [6.45, 7) is 24.4. The van der Waals surface area contributed by atoms with Crippen LogP contribution in [0.3, 0.4) is 0 Å². The van der Waals surface area contributed by atoms with Gasteiger partial charge in [-0.25, -0.2) is 23.0 Å². The number of para-hydroxylation sites is 2. The molecule has 10 nitrogen and oxygen atoms in total. The molecule has 1 aromatic carbocycles. The van der Waals surface area contributed by atoms with Gasteiger partial charge in [0.05, 0.1) is 44.4 Å². The molecular formula is C54H49N7O3S6Si3. The summed E-state index contributed by atoms with van der Waals surface area (Å²) in [6, 6.07) is 29.6. The van der Waals surface area contributed by atoms with E-state index < -0.39 is 24.2 Å². The first-order chi connectivity index (χ1) is 35.6. The van der Waals surface area contributed by atoms with Gasteiger partial charge in [-0.15, -0.1) is 68.0 Å². The largest absolute Gasteiger partial charge is 0.447 e. The van der Waals surface area contributed by atoms with Crippen molar-refractivity contribution in [1.82, 2.24) is 4.98 Å². The zero-order valence-electron chi connectivity index (χ0n) is 40.6. The minimum absolute atomic E-state index is 0.385. The van der Waals surface area contributed by atoms with E-state index in [-0.39, 0.29) is 0 Å². The van der Waals surface area contributed by atoms with Gasteiger partial charge in [0, 0.05) is 55.3 Å². The Balaban J connectivity index is 0.000000118. The Morgan fingerprint density at radius 2 is 1.07 bits per heavy atom. The van der Waals surface area contributed by atoms with Crippen molar-refractivity contribution in [3.05, 3.63) is 115 Å². The molecule has 366 valence electrons. The van der Waals surface area contributed by atoms with Crippen LogP contribution in [0.25, 0.3) is 66.7 Å². The molecule has 0 aliphatic carbocycles. The number of hydrogen-bond acceptors (Lipinski definition) is 13. The molecule has 6 aliphatic heterocycles. The number of aromatic nitrogens is 1. The molecule has 0 saturated carbocycles. The summed E-state index contributed by atoms with van der Waals surface area (Å²) in [4.78, 5) is 53.2. The minimum Gasteiger partial charge on any atom is -0.447 e. The Hall–Kier alpha value is -5.51. The number of nitrogens with zero attached hydrogens (tertiary/aromatic N) is 6. The maximum atomic E-state index is 11.2. The lowest BCUT2D eigenvalue weighted by Gasteiger charge is -2.37. The van der Waals surface area contributed by atoms with E-state index in [1.165, 1.54) is 105 Å². The van der Waals surface area contributed by atoms with Crippen LogP contribution in [0.4, 0.5) is 15.0 Å². The van der Waals surface area contributed by atoms with Crippen LogP contribution < -0.4 is 46.2 Å². The second-order valence-corrected chi connectivity index (χ2v) is 38.8. The highest BCUT2D eigenvalue weighted by molar-refractivity contribution is 7.33. The van der Waals surface area contributed by atoms with E-state index in [4.69, 9.17) is 24.1 Å². The first-order valence-corrected chi connectivity index (χ1v) is 36.7. The number of nitrogens with one attached hydrogen (secondary N) is 1. The van der Waals surface area contributed by atoms with E-state index in [9.17, 15) is 9.59 Å². The van der Waals surface area contributed by atoms with Gasteiger partial charge in [0.2, 0.25) is 24.7 Å². The third kappa shape index (κ3) is 7.70. The third-order valence-electron chi connectivity index (χ3n) is 16.0. The van der Waals surface area contributed by atoms with Gasteiger partial charge in [-0.05, 0) is 122 Å². The lowest BCUT2D eigenvalue weighted by atomic mass is 10.3. The highest BCUT2D eigenvalue weighted by Gasteiger charge is 2.54. The number of benzene rings is 1. The molecule has 73 heavy (non-hydrogen) atoms. The Morgan fingerprint density at radius 1 is 0.630 bits per heavy atom. The molecule has 0 bridgehead atoms. The molecule has 1 N–H and O–H groups in total. The lowest BCUT2D eigenvalue weighted by molar-refractivity contribution is 0.111. The number of rotatable bonds is 11. The molecule has 3 saturated heterocycles. The van der Waals surface area contributed by atoms with Crippen LogP contribution in [0.5, 0.6) is 0 Å². The number of carbonyl (C=O) groups is 2. The van der Waals surface area contributed by atoms with Crippen molar-refractivity contribution in [2.75, 3.05) is 62.4 Å². The average molecular weight is 1120 g/mol. The Labute approximate surface area is 451 Å². The number of aldehydes is 2. The molecule has 8 aromatic rings. The molecule has 19 heteroatoms. The molecule has 0 atom stereocenters. The van der Waals surface area contributed by atoms with E-state index in [1.807, 2.05) is 71.4 Å². The van der Waals surface area contributed by atoms with Crippen LogP contribution in [-0.4, -0.2) is 89.1 Å². The average Bonchev–Trinajstić information content (AvgIpc) is 4.21. The van der Waals surface area contributed by atoms with Crippen molar-refractivity contribution in [2.45, 2.75) is 55.5 Å². The second kappa shape index (κ2) is 19.0. The standard InChI is InChI=1S/C25H20N4OS2Si.C16H16N2OS2Si.C13H13NOS2Si/c1-26-9-10-29(3)22-15-21-24(32-22)23-20(33(21)11-6-12-33)14-16(31-23)13-18(27-2)25-28-17-7-4-5-8-19(17)30-25;1-17-4-5-18(2)14-9-13-16(21-14)15-12(8-11(10-19)20-15)22(13)6-3-7-22;1-14-11-6-10-13(17-11)12-9(5-8(7-15)16-12)18(10)3-2-4-18/h4-5,7-8,13-15H,6,9-12H2,3H3;8-10H,3-7H2,2H3;5-7,14H,2-4H2,1H3/b18-13-;;. The van der Waals surface area contributed by atoms with Gasteiger partial charge in [0.1, 0.15) is 29.7 Å². The summed E-state index contributed by atoms with van der Waals surface area (Å²) >= 11 is 10.7. The number of likely N-dealkylation sites (N-methyl/N-ethyl adjacent to an activating group) is 2. The normalized spacial score (nSPS) is 16.6. The van der Waals surface area contributed by atoms with Crippen LogP contribution in [-0.2, 0) is 0 Å². The van der Waals surface area contributed by atoms with Crippen LogP contribution in [0, 0.1) is 19.7 Å². The van der Waals surface area contributed by atoms with Gasteiger partial charge in [-0.3, -0.25) is 9.59 Å². The van der Waals surface area contributed by atoms with Crippen molar-refractivity contribution < 1.29 is 14.0 Å². The fraction of sp³-hybridized carbons (Fsp3) is 0.296. The van der Waals surface area contributed by atoms with E-state index in [2.05, 4.69) is 85.1 Å². The summed E-state index contributed by atoms with van der Waals surface area (Å²) < 4.78 is 5.86. The van der Waals surface area contributed by atoms with Crippen molar-refractivity contribution >= 4 is 174 Å². The fourth-order valence-electron chi connectivity index (χ4n) is 11.7. The van der Waals surface area contributed by atoms with Crippen molar-refractivity contribution in [2.24, 2.45) is 0 Å². The smallest absolute Gasteiger partial charge is 0.249 e. The quantitative estimate of drug-likeness (QED) is 0.0784. The molecule has 3 spiro atoms. The van der Waals surface area contributed by atoms with Crippen molar-refractivity contribution in [1.29, 1.82) is 0 Å². The number of carbonyl (C=O) groups excluding carboxylic acids is 2. The molecule has 6 aliphatic rings. The predicted molar refractivity (Wildman–Crippen MR) is 319 cm³/mol. The highest BCUT2D eigenvalue weighted by atomic mass is 32.1. The number of hydrogen-bond donors (Lipinski definition) is 1. The zero-order chi connectivity index (χ0) is 50.2. The maximum Gasteiger partial charge on any atom is 0.249 e. The van der Waals surface area contributed by atoms with Crippen LogP contribution in [0.1, 0.15) is 49.4 Å². The summed E-state index contributed by atoms with van der Waals surface area (Å²) in [7, 11) is 1.63. The second-order valence-electron chi connectivity index (χ2n) is 19.7. The maximum absolute atomic E-state index is 11.2. The van der Waals surface area contributed by atoms with Gasteiger partial charge in [0.25, 0.3) is 0 Å².